The van der Waals surface area contributed by atoms with Crippen LogP contribution in [0.4, 0.5) is 0 Å². The minimum atomic E-state index is 0.0708. The lowest BCUT2D eigenvalue weighted by atomic mass is 10.0. The molecule has 0 saturated heterocycles. The quantitative estimate of drug-likeness (QED) is 0.390. The van der Waals surface area contributed by atoms with Gasteiger partial charge in [-0.1, -0.05) is 96.4 Å². The third-order valence-corrected chi connectivity index (χ3v) is 11.8. The van der Waals surface area contributed by atoms with Crippen LogP contribution >= 0.6 is 15.8 Å². The van der Waals surface area contributed by atoms with E-state index in [1.165, 1.54) is 18.7 Å². The third kappa shape index (κ3) is 6.11. The van der Waals surface area contributed by atoms with Crippen LogP contribution in [0.1, 0.15) is 79.0 Å². The summed E-state index contributed by atoms with van der Waals surface area (Å²) in [5.41, 5.74) is 8.22. The summed E-state index contributed by atoms with van der Waals surface area (Å²) in [6.45, 7) is 21.7. The van der Waals surface area contributed by atoms with Crippen molar-refractivity contribution >= 4 is 15.8 Å². The maximum absolute atomic E-state index is 2.41. The van der Waals surface area contributed by atoms with Crippen molar-refractivity contribution in [3.05, 3.63) is 34.9 Å². The van der Waals surface area contributed by atoms with Gasteiger partial charge >= 0.3 is 0 Å². The van der Waals surface area contributed by atoms with E-state index in [1.54, 1.807) is 16.7 Å². The molecule has 0 aliphatic heterocycles. The molecule has 0 saturated carbocycles. The molecule has 0 aliphatic rings. The maximum atomic E-state index is 2.41. The summed E-state index contributed by atoms with van der Waals surface area (Å²) in [5.74, 6) is 0. The van der Waals surface area contributed by atoms with Crippen molar-refractivity contribution in [2.45, 2.75) is 104 Å². The molecular formula is C22H40P2. The van der Waals surface area contributed by atoms with Crippen molar-refractivity contribution in [2.75, 3.05) is 0 Å². The van der Waals surface area contributed by atoms with Gasteiger partial charge < -0.3 is 0 Å². The van der Waals surface area contributed by atoms with Gasteiger partial charge in [-0.2, -0.15) is 0 Å². The van der Waals surface area contributed by atoms with E-state index in [0.29, 0.717) is 0 Å². The van der Waals surface area contributed by atoms with E-state index in [2.05, 4.69) is 80.5 Å². The highest BCUT2D eigenvalue weighted by molar-refractivity contribution is 7.58. The normalized spacial score (nSPS) is 12.6. The lowest BCUT2D eigenvalue weighted by molar-refractivity contribution is 0.976. The Morgan fingerprint density at radius 1 is 0.667 bits per heavy atom. The summed E-state index contributed by atoms with van der Waals surface area (Å²) in [6.07, 6.45) is 3.80. The maximum Gasteiger partial charge on any atom is -0.00657 e. The second kappa shape index (κ2) is 10.3. The summed E-state index contributed by atoms with van der Waals surface area (Å²) in [6, 6.07) is 7.15. The van der Waals surface area contributed by atoms with Crippen LogP contribution in [-0.2, 0) is 18.7 Å². The van der Waals surface area contributed by atoms with Crippen molar-refractivity contribution in [3.8, 4) is 0 Å². The van der Waals surface area contributed by atoms with Gasteiger partial charge in [-0.15, -0.1) is 0 Å². The van der Waals surface area contributed by atoms with Crippen molar-refractivity contribution in [1.29, 1.82) is 0 Å². The Balaban J connectivity index is 3.13. The fraction of sp³-hybridized carbons (Fsp3) is 0.727. The van der Waals surface area contributed by atoms with Gasteiger partial charge in [0.25, 0.3) is 0 Å². The highest BCUT2D eigenvalue weighted by Crippen LogP contribution is 2.52. The summed E-state index contributed by atoms with van der Waals surface area (Å²) in [5, 5.41) is 0. The van der Waals surface area contributed by atoms with Crippen LogP contribution in [0.2, 0.25) is 0 Å². The molecular weight excluding hydrogens is 326 g/mol. The Morgan fingerprint density at radius 3 is 1.25 bits per heavy atom. The molecule has 1 aromatic carbocycles. The average molecular weight is 367 g/mol. The van der Waals surface area contributed by atoms with Gasteiger partial charge in [-0.3, -0.25) is 0 Å². The summed E-state index contributed by atoms with van der Waals surface area (Å²) in [7, 11) is 0.142. The van der Waals surface area contributed by atoms with E-state index >= 15 is 0 Å². The highest BCUT2D eigenvalue weighted by Gasteiger charge is 2.22. The van der Waals surface area contributed by atoms with Gasteiger partial charge in [-0.05, 0) is 58.1 Å². The van der Waals surface area contributed by atoms with Crippen molar-refractivity contribution in [2.24, 2.45) is 0 Å². The Bertz CT molecular complexity index is 432. The molecule has 0 aromatic heterocycles. The largest absolute Gasteiger partial charge is 0.0969 e. The first-order chi connectivity index (χ1) is 11.2. The minimum Gasteiger partial charge on any atom is -0.0969 e. The molecule has 0 amide bonds. The molecule has 2 heteroatoms. The molecule has 1 rings (SSSR count). The highest BCUT2D eigenvalue weighted by atomic mass is 31.1. The number of benzene rings is 1. The predicted molar refractivity (Wildman–Crippen MR) is 118 cm³/mol. The first kappa shape index (κ1) is 22.1. The molecule has 138 valence electrons. The number of hydrogen-bond acceptors (Lipinski definition) is 0. The van der Waals surface area contributed by atoms with E-state index in [0.717, 1.165) is 22.6 Å². The molecule has 0 fully saturated rings. The van der Waals surface area contributed by atoms with Crippen LogP contribution < -0.4 is 0 Å². The SMILES string of the molecule is CCc1c(CP(C(C)C)C(C)C)cccc1CP(C(C)C)C(C)C. The molecule has 0 nitrogen and oxygen atoms in total. The van der Waals surface area contributed by atoms with Gasteiger partial charge in [0, 0.05) is 0 Å². The van der Waals surface area contributed by atoms with Gasteiger partial charge in [0.15, 0.2) is 0 Å². The minimum absolute atomic E-state index is 0.0708. The molecule has 0 spiro atoms. The fourth-order valence-electron chi connectivity index (χ4n) is 3.75. The van der Waals surface area contributed by atoms with E-state index < -0.39 is 0 Å². The topological polar surface area (TPSA) is 0 Å². The zero-order valence-electron chi connectivity index (χ0n) is 17.6. The van der Waals surface area contributed by atoms with Crippen molar-refractivity contribution in [3.63, 3.8) is 0 Å². The summed E-state index contributed by atoms with van der Waals surface area (Å²) >= 11 is 0. The first-order valence-corrected chi connectivity index (χ1v) is 13.1. The fourth-order valence-corrected chi connectivity index (χ4v) is 8.98. The average Bonchev–Trinajstić information content (AvgIpc) is 2.48. The molecule has 0 heterocycles. The Kier molecular flexibility index (Phi) is 9.48. The van der Waals surface area contributed by atoms with Gasteiger partial charge in [0.1, 0.15) is 0 Å². The molecule has 0 aliphatic carbocycles. The van der Waals surface area contributed by atoms with E-state index in [1.807, 2.05) is 0 Å². The molecule has 1 aromatic rings. The lowest BCUT2D eigenvalue weighted by Crippen LogP contribution is -2.10. The van der Waals surface area contributed by atoms with Gasteiger partial charge in [-0.25, -0.2) is 0 Å². The molecule has 0 bridgehead atoms. The van der Waals surface area contributed by atoms with E-state index in [4.69, 9.17) is 0 Å². The van der Waals surface area contributed by atoms with Gasteiger partial charge in [0.05, 0.1) is 0 Å². The second-order valence-electron chi connectivity index (χ2n) is 8.13. The molecule has 0 N–H and O–H groups in total. The van der Waals surface area contributed by atoms with Crippen LogP contribution in [0.3, 0.4) is 0 Å². The van der Waals surface area contributed by atoms with E-state index in [-0.39, 0.29) is 15.8 Å². The van der Waals surface area contributed by atoms with Crippen LogP contribution in [0.15, 0.2) is 18.2 Å². The van der Waals surface area contributed by atoms with Crippen molar-refractivity contribution in [1.82, 2.24) is 0 Å². The van der Waals surface area contributed by atoms with Crippen LogP contribution in [0.5, 0.6) is 0 Å². The number of hydrogen-bond donors (Lipinski definition) is 0. The molecule has 0 radical (unpaired) electrons. The lowest BCUT2D eigenvalue weighted by Gasteiger charge is -2.29. The van der Waals surface area contributed by atoms with Gasteiger partial charge in [0.2, 0.25) is 0 Å². The number of rotatable bonds is 9. The molecule has 0 atom stereocenters. The van der Waals surface area contributed by atoms with E-state index in [9.17, 15) is 0 Å². The molecule has 24 heavy (non-hydrogen) atoms. The zero-order valence-corrected chi connectivity index (χ0v) is 19.3. The first-order valence-electron chi connectivity index (χ1n) is 9.80. The molecule has 0 unspecified atom stereocenters. The van der Waals surface area contributed by atoms with Crippen molar-refractivity contribution < 1.29 is 0 Å². The summed E-state index contributed by atoms with van der Waals surface area (Å²) in [4.78, 5) is 0. The van der Waals surface area contributed by atoms with Crippen LogP contribution in [0.25, 0.3) is 0 Å². The van der Waals surface area contributed by atoms with Crippen LogP contribution in [0, 0.1) is 0 Å². The third-order valence-electron chi connectivity index (χ3n) is 5.08. The second-order valence-corrected chi connectivity index (χ2v) is 14.9. The Labute approximate surface area is 154 Å². The monoisotopic (exact) mass is 366 g/mol. The standard InChI is InChI=1S/C22H40P2/c1-10-22-20(14-23(16(2)3)17(4)5)12-11-13-21(22)15-24(18(6)7)19(8)9/h11-13,16-19H,10,14-15H2,1-9H3. The van der Waals surface area contributed by atoms with Crippen LogP contribution in [-0.4, -0.2) is 22.6 Å². The zero-order chi connectivity index (χ0) is 18.4. The predicted octanol–water partition coefficient (Wildman–Crippen LogP) is 7.85. The summed E-state index contributed by atoms with van der Waals surface area (Å²) < 4.78 is 0. The Hall–Kier alpha value is 0.0800. The smallest absolute Gasteiger partial charge is 0.00657 e. The Morgan fingerprint density at radius 2 is 1.00 bits per heavy atom.